The minimum absolute atomic E-state index is 0.164. The van der Waals surface area contributed by atoms with Crippen molar-refractivity contribution in [1.82, 2.24) is 0 Å². The quantitative estimate of drug-likeness (QED) is 0.806. The fraction of sp³-hybridized carbons (Fsp3) is 0.176. The molecule has 0 bridgehead atoms. The number of amides is 1. The highest BCUT2D eigenvalue weighted by Crippen LogP contribution is 2.17. The van der Waals surface area contributed by atoms with Crippen LogP contribution in [0, 0.1) is 5.82 Å². The van der Waals surface area contributed by atoms with Crippen molar-refractivity contribution in [2.75, 3.05) is 18.5 Å². The van der Waals surface area contributed by atoms with Gasteiger partial charge in [0.15, 0.2) is 6.61 Å². The van der Waals surface area contributed by atoms with Crippen LogP contribution in [-0.4, -0.2) is 25.1 Å². The molecule has 1 N–H and O–H groups in total. The van der Waals surface area contributed by atoms with E-state index in [2.05, 4.69) is 5.32 Å². The van der Waals surface area contributed by atoms with Crippen molar-refractivity contribution in [3.05, 3.63) is 58.9 Å². The molecule has 0 aliphatic heterocycles. The Bertz CT molecular complexity index is 734. The molecule has 0 fully saturated rings. The van der Waals surface area contributed by atoms with Crippen LogP contribution in [0.5, 0.6) is 5.75 Å². The molecule has 2 aromatic rings. The van der Waals surface area contributed by atoms with Crippen molar-refractivity contribution in [1.29, 1.82) is 0 Å². The van der Waals surface area contributed by atoms with E-state index in [1.807, 2.05) is 6.92 Å². The number of esters is 1. The normalized spacial score (nSPS) is 10.1. The van der Waals surface area contributed by atoms with E-state index in [0.717, 1.165) is 6.07 Å². The summed E-state index contributed by atoms with van der Waals surface area (Å²) in [6.07, 6.45) is 0. The summed E-state index contributed by atoms with van der Waals surface area (Å²) in [6, 6.07) is 10.3. The monoisotopic (exact) mass is 351 g/mol. The first-order valence-corrected chi connectivity index (χ1v) is 7.52. The summed E-state index contributed by atoms with van der Waals surface area (Å²) in [5, 5.41) is 2.72. The lowest BCUT2D eigenvalue weighted by Gasteiger charge is -2.08. The highest BCUT2D eigenvalue weighted by atomic mass is 35.5. The number of rotatable bonds is 6. The third-order valence-electron chi connectivity index (χ3n) is 2.93. The van der Waals surface area contributed by atoms with E-state index in [1.54, 1.807) is 24.3 Å². The fourth-order valence-corrected chi connectivity index (χ4v) is 2.02. The summed E-state index contributed by atoms with van der Waals surface area (Å²) in [4.78, 5) is 23.5. The predicted octanol–water partition coefficient (Wildman–Crippen LogP) is 3.67. The Kier molecular flexibility index (Phi) is 6.14. The zero-order valence-corrected chi connectivity index (χ0v) is 13.6. The third-order valence-corrected chi connectivity index (χ3v) is 3.17. The van der Waals surface area contributed by atoms with Gasteiger partial charge in [-0.15, -0.1) is 0 Å². The van der Waals surface area contributed by atoms with Gasteiger partial charge in [-0.1, -0.05) is 11.6 Å². The van der Waals surface area contributed by atoms with Gasteiger partial charge in [0.1, 0.15) is 11.6 Å². The smallest absolute Gasteiger partial charge is 0.341 e. The molecule has 0 radical (unpaired) electrons. The van der Waals surface area contributed by atoms with Gasteiger partial charge in [-0.05, 0) is 49.4 Å². The maximum Gasteiger partial charge on any atom is 0.341 e. The topological polar surface area (TPSA) is 64.6 Å². The molecular weight excluding hydrogens is 337 g/mol. The van der Waals surface area contributed by atoms with E-state index in [1.165, 1.54) is 12.1 Å². The lowest BCUT2D eigenvalue weighted by molar-refractivity contribution is -0.119. The summed E-state index contributed by atoms with van der Waals surface area (Å²) >= 11 is 5.61. The fourth-order valence-electron chi connectivity index (χ4n) is 1.86. The van der Waals surface area contributed by atoms with E-state index < -0.39 is 24.3 Å². The van der Waals surface area contributed by atoms with Crippen LogP contribution in [0.15, 0.2) is 42.5 Å². The van der Waals surface area contributed by atoms with Crippen molar-refractivity contribution in [2.24, 2.45) is 0 Å². The second-order valence-corrected chi connectivity index (χ2v) is 5.14. The van der Waals surface area contributed by atoms with Gasteiger partial charge in [0, 0.05) is 10.7 Å². The molecule has 5 nitrogen and oxygen atoms in total. The maximum absolute atomic E-state index is 13.6. The first-order chi connectivity index (χ1) is 11.5. The van der Waals surface area contributed by atoms with E-state index in [-0.39, 0.29) is 10.6 Å². The first-order valence-electron chi connectivity index (χ1n) is 7.14. The summed E-state index contributed by atoms with van der Waals surface area (Å²) < 4.78 is 23.6. The van der Waals surface area contributed by atoms with Gasteiger partial charge in [0.05, 0.1) is 12.2 Å². The van der Waals surface area contributed by atoms with Gasteiger partial charge in [-0.3, -0.25) is 4.79 Å². The van der Waals surface area contributed by atoms with Crippen LogP contribution in [0.1, 0.15) is 17.3 Å². The zero-order chi connectivity index (χ0) is 17.5. The largest absolute Gasteiger partial charge is 0.494 e. The van der Waals surface area contributed by atoms with Crippen molar-refractivity contribution < 1.29 is 23.5 Å². The van der Waals surface area contributed by atoms with Crippen LogP contribution in [-0.2, 0) is 9.53 Å². The number of nitrogens with one attached hydrogen (secondary N) is 1. The second kappa shape index (κ2) is 8.31. The number of ether oxygens (including phenoxy) is 2. The molecule has 0 aromatic heterocycles. The average molecular weight is 352 g/mol. The number of carbonyl (C=O) groups excluding carboxylic acids is 2. The van der Waals surface area contributed by atoms with E-state index in [4.69, 9.17) is 21.1 Å². The summed E-state index contributed by atoms with van der Waals surface area (Å²) in [6.45, 7) is 1.88. The number of hydrogen-bond donors (Lipinski definition) is 1. The SMILES string of the molecule is CCOc1ccc(NC(=O)COC(=O)c2ccc(Cl)cc2F)cc1. The van der Waals surface area contributed by atoms with Gasteiger partial charge in [-0.25, -0.2) is 9.18 Å². The molecule has 0 aliphatic carbocycles. The Labute approximate surface area is 143 Å². The van der Waals surface area contributed by atoms with E-state index in [9.17, 15) is 14.0 Å². The van der Waals surface area contributed by atoms with Crippen LogP contribution in [0.25, 0.3) is 0 Å². The Morgan fingerprint density at radius 3 is 2.50 bits per heavy atom. The Hall–Kier alpha value is -2.60. The summed E-state index contributed by atoms with van der Waals surface area (Å²) in [5.74, 6) is -1.60. The van der Waals surface area contributed by atoms with Crippen LogP contribution in [0.2, 0.25) is 5.02 Å². The van der Waals surface area contributed by atoms with Gasteiger partial charge in [0.2, 0.25) is 0 Å². The summed E-state index contributed by atoms with van der Waals surface area (Å²) in [5.41, 5.74) is 0.241. The molecule has 0 unspecified atom stereocenters. The second-order valence-electron chi connectivity index (χ2n) is 4.71. The highest BCUT2D eigenvalue weighted by molar-refractivity contribution is 6.30. The molecular formula is C17H15ClFNO4. The number of benzene rings is 2. The van der Waals surface area contributed by atoms with E-state index in [0.29, 0.717) is 18.0 Å². The van der Waals surface area contributed by atoms with Crippen LogP contribution in [0.3, 0.4) is 0 Å². The molecule has 2 aromatic carbocycles. The molecule has 0 saturated carbocycles. The van der Waals surface area contributed by atoms with Crippen molar-refractivity contribution in [3.8, 4) is 5.75 Å². The van der Waals surface area contributed by atoms with Crippen molar-refractivity contribution in [3.63, 3.8) is 0 Å². The average Bonchev–Trinajstić information content (AvgIpc) is 2.55. The lowest BCUT2D eigenvalue weighted by atomic mass is 10.2. The molecule has 126 valence electrons. The predicted molar refractivity (Wildman–Crippen MR) is 87.9 cm³/mol. The number of carbonyl (C=O) groups is 2. The van der Waals surface area contributed by atoms with Crippen LogP contribution >= 0.6 is 11.6 Å². The molecule has 7 heteroatoms. The maximum atomic E-state index is 13.6. The number of hydrogen-bond acceptors (Lipinski definition) is 4. The number of anilines is 1. The lowest BCUT2D eigenvalue weighted by Crippen LogP contribution is -2.21. The number of halogens is 2. The third kappa shape index (κ3) is 4.96. The van der Waals surface area contributed by atoms with Crippen molar-refractivity contribution in [2.45, 2.75) is 6.92 Å². The molecule has 2 rings (SSSR count). The molecule has 0 aliphatic rings. The first kappa shape index (κ1) is 17.7. The van der Waals surface area contributed by atoms with Gasteiger partial charge in [-0.2, -0.15) is 0 Å². The zero-order valence-electron chi connectivity index (χ0n) is 12.8. The minimum atomic E-state index is -0.939. The Morgan fingerprint density at radius 1 is 1.17 bits per heavy atom. The Balaban J connectivity index is 1.87. The highest BCUT2D eigenvalue weighted by Gasteiger charge is 2.15. The molecule has 0 saturated heterocycles. The summed E-state index contributed by atoms with van der Waals surface area (Å²) in [7, 11) is 0. The minimum Gasteiger partial charge on any atom is -0.494 e. The van der Waals surface area contributed by atoms with Crippen LogP contribution < -0.4 is 10.1 Å². The standard InChI is InChI=1S/C17H15ClFNO4/c1-2-23-13-6-4-12(5-7-13)20-16(21)10-24-17(22)14-8-3-11(18)9-15(14)19/h3-9H,2,10H2,1H3,(H,20,21). The molecule has 0 spiro atoms. The van der Waals surface area contributed by atoms with Crippen molar-refractivity contribution >= 4 is 29.2 Å². The molecule has 0 atom stereocenters. The van der Waals surface area contributed by atoms with E-state index >= 15 is 0 Å². The molecule has 1 amide bonds. The van der Waals surface area contributed by atoms with Gasteiger partial charge >= 0.3 is 5.97 Å². The Morgan fingerprint density at radius 2 is 1.88 bits per heavy atom. The molecule has 0 heterocycles. The van der Waals surface area contributed by atoms with Gasteiger partial charge < -0.3 is 14.8 Å². The van der Waals surface area contributed by atoms with Crippen LogP contribution in [0.4, 0.5) is 10.1 Å². The van der Waals surface area contributed by atoms with Gasteiger partial charge in [0.25, 0.3) is 5.91 Å². The molecule has 24 heavy (non-hydrogen) atoms.